The summed E-state index contributed by atoms with van der Waals surface area (Å²) in [5.41, 5.74) is 1.04. The van der Waals surface area contributed by atoms with Gasteiger partial charge in [-0.3, -0.25) is 9.69 Å². The van der Waals surface area contributed by atoms with E-state index in [1.54, 1.807) is 0 Å². The Morgan fingerprint density at radius 1 is 1.17 bits per heavy atom. The first-order valence-electron chi connectivity index (χ1n) is 8.78. The van der Waals surface area contributed by atoms with Gasteiger partial charge in [0.25, 0.3) is 0 Å². The van der Waals surface area contributed by atoms with Gasteiger partial charge in [0.15, 0.2) is 0 Å². The lowest BCUT2D eigenvalue weighted by molar-refractivity contribution is -0.127. The van der Waals surface area contributed by atoms with E-state index in [4.69, 9.17) is 0 Å². The summed E-state index contributed by atoms with van der Waals surface area (Å²) in [6.07, 6.45) is 2.90. The van der Waals surface area contributed by atoms with Crippen LogP contribution in [0.3, 0.4) is 0 Å². The average molecular weight is 328 g/mol. The Balaban J connectivity index is 1.35. The number of hydrogen-bond donors (Lipinski definition) is 2. The van der Waals surface area contributed by atoms with E-state index in [0.29, 0.717) is 0 Å². The molecule has 3 saturated heterocycles. The Labute approximate surface area is 142 Å². The number of benzene rings is 1. The molecule has 3 aliphatic rings. The third kappa shape index (κ3) is 2.86. The Kier molecular flexibility index (Phi) is 3.92. The minimum absolute atomic E-state index is 0.0236. The van der Waals surface area contributed by atoms with Crippen LogP contribution < -0.4 is 10.6 Å². The van der Waals surface area contributed by atoms with Crippen molar-refractivity contribution in [2.24, 2.45) is 5.41 Å². The third-order valence-electron chi connectivity index (χ3n) is 5.74. The number of fused-ring (bicyclic) bond motifs is 1. The van der Waals surface area contributed by atoms with Crippen molar-refractivity contribution in [3.05, 3.63) is 30.3 Å². The smallest absolute Gasteiger partial charge is 0.321 e. The number of para-hydroxylation sites is 1. The van der Waals surface area contributed by atoms with Gasteiger partial charge in [0, 0.05) is 38.4 Å². The molecule has 1 aromatic rings. The van der Waals surface area contributed by atoms with Gasteiger partial charge in [-0.05, 0) is 36.8 Å². The van der Waals surface area contributed by atoms with Gasteiger partial charge >= 0.3 is 6.03 Å². The van der Waals surface area contributed by atoms with Crippen LogP contribution in [0.2, 0.25) is 0 Å². The number of rotatable bonds is 1. The lowest BCUT2D eigenvalue weighted by Gasteiger charge is -2.39. The first-order valence-corrected chi connectivity index (χ1v) is 8.78. The Morgan fingerprint density at radius 2 is 1.92 bits per heavy atom. The van der Waals surface area contributed by atoms with Crippen LogP contribution in [-0.4, -0.2) is 60.5 Å². The molecule has 4 rings (SSSR count). The maximum Gasteiger partial charge on any atom is 0.321 e. The van der Waals surface area contributed by atoms with Gasteiger partial charge < -0.3 is 15.5 Å². The molecule has 6 heteroatoms. The standard InChI is InChI=1S/C18H24N4O2/c23-16-15-12-18(13-22(15)11-8-19-16)6-9-21(10-7-18)17(24)20-14-4-2-1-3-5-14/h1-5,15H,6-13H2,(H,19,23)(H,20,24). The van der Waals surface area contributed by atoms with Gasteiger partial charge in [0.1, 0.15) is 0 Å². The first-order chi connectivity index (χ1) is 11.7. The molecular weight excluding hydrogens is 304 g/mol. The van der Waals surface area contributed by atoms with Gasteiger partial charge in [0.05, 0.1) is 6.04 Å². The predicted octanol–water partition coefficient (Wildman–Crippen LogP) is 1.50. The number of likely N-dealkylation sites (tertiary alicyclic amines) is 1. The fraction of sp³-hybridized carbons (Fsp3) is 0.556. The van der Waals surface area contributed by atoms with Crippen molar-refractivity contribution < 1.29 is 9.59 Å². The highest BCUT2D eigenvalue weighted by Gasteiger charge is 2.49. The summed E-state index contributed by atoms with van der Waals surface area (Å²) in [5.74, 6) is 0.183. The van der Waals surface area contributed by atoms with Gasteiger partial charge in [-0.15, -0.1) is 0 Å². The van der Waals surface area contributed by atoms with Crippen molar-refractivity contribution in [3.63, 3.8) is 0 Å². The lowest BCUT2D eigenvalue weighted by Crippen LogP contribution is -2.52. The molecule has 1 atom stereocenters. The Hall–Kier alpha value is -2.08. The zero-order valence-electron chi connectivity index (χ0n) is 13.8. The van der Waals surface area contributed by atoms with E-state index in [2.05, 4.69) is 15.5 Å². The predicted molar refractivity (Wildman–Crippen MR) is 91.7 cm³/mol. The molecule has 3 aliphatic heterocycles. The summed E-state index contributed by atoms with van der Waals surface area (Å²) in [6.45, 7) is 4.24. The maximum absolute atomic E-state index is 12.4. The summed E-state index contributed by atoms with van der Waals surface area (Å²) in [4.78, 5) is 28.7. The Morgan fingerprint density at radius 3 is 2.62 bits per heavy atom. The topological polar surface area (TPSA) is 64.7 Å². The van der Waals surface area contributed by atoms with Crippen molar-refractivity contribution in [2.45, 2.75) is 25.3 Å². The molecule has 128 valence electrons. The van der Waals surface area contributed by atoms with Crippen LogP contribution in [0.1, 0.15) is 19.3 Å². The molecule has 2 N–H and O–H groups in total. The number of urea groups is 1. The molecule has 0 saturated carbocycles. The van der Waals surface area contributed by atoms with Gasteiger partial charge in [0.2, 0.25) is 5.91 Å². The van der Waals surface area contributed by atoms with Crippen LogP contribution in [0.4, 0.5) is 10.5 Å². The van der Waals surface area contributed by atoms with Crippen LogP contribution >= 0.6 is 0 Å². The number of piperazine rings is 1. The molecule has 3 heterocycles. The van der Waals surface area contributed by atoms with E-state index in [0.717, 1.165) is 57.7 Å². The molecule has 0 aliphatic carbocycles. The first kappa shape index (κ1) is 15.4. The zero-order chi connectivity index (χ0) is 16.6. The number of hydrogen-bond acceptors (Lipinski definition) is 3. The minimum Gasteiger partial charge on any atom is -0.353 e. The number of nitrogens with zero attached hydrogens (tertiary/aromatic N) is 2. The van der Waals surface area contributed by atoms with Crippen LogP contribution in [0, 0.1) is 5.41 Å². The summed E-state index contributed by atoms with van der Waals surface area (Å²) >= 11 is 0. The van der Waals surface area contributed by atoms with Crippen molar-refractivity contribution in [2.75, 3.05) is 38.0 Å². The number of carbonyl (C=O) groups excluding carboxylic acids is 2. The average Bonchev–Trinajstić information content (AvgIpc) is 2.96. The van der Waals surface area contributed by atoms with Gasteiger partial charge in [-0.1, -0.05) is 18.2 Å². The van der Waals surface area contributed by atoms with E-state index >= 15 is 0 Å². The zero-order valence-corrected chi connectivity index (χ0v) is 13.8. The molecular formula is C18H24N4O2. The van der Waals surface area contributed by atoms with Crippen LogP contribution in [0.5, 0.6) is 0 Å². The molecule has 0 aromatic heterocycles. The summed E-state index contributed by atoms with van der Waals surface area (Å²) in [6, 6.07) is 9.59. The maximum atomic E-state index is 12.4. The second-order valence-corrected chi connectivity index (χ2v) is 7.26. The van der Waals surface area contributed by atoms with Crippen molar-refractivity contribution in [1.82, 2.24) is 15.1 Å². The van der Waals surface area contributed by atoms with E-state index in [-0.39, 0.29) is 23.4 Å². The second kappa shape index (κ2) is 6.09. The fourth-order valence-electron chi connectivity index (χ4n) is 4.35. The monoisotopic (exact) mass is 328 g/mol. The number of anilines is 1. The van der Waals surface area contributed by atoms with Gasteiger partial charge in [-0.25, -0.2) is 4.79 Å². The van der Waals surface area contributed by atoms with Crippen molar-refractivity contribution >= 4 is 17.6 Å². The molecule has 1 spiro atoms. The number of nitrogens with one attached hydrogen (secondary N) is 2. The summed E-state index contributed by atoms with van der Waals surface area (Å²) in [7, 11) is 0. The van der Waals surface area contributed by atoms with E-state index in [1.807, 2.05) is 35.2 Å². The van der Waals surface area contributed by atoms with E-state index in [9.17, 15) is 9.59 Å². The SMILES string of the molecule is O=C1NCCN2CC3(CCN(C(=O)Nc4ccccc4)CC3)CC12. The van der Waals surface area contributed by atoms with Crippen molar-refractivity contribution in [1.29, 1.82) is 0 Å². The number of amides is 3. The molecule has 1 aromatic carbocycles. The molecule has 0 radical (unpaired) electrons. The van der Waals surface area contributed by atoms with E-state index in [1.165, 1.54) is 0 Å². The normalized spacial score (nSPS) is 26.1. The highest BCUT2D eigenvalue weighted by Crippen LogP contribution is 2.43. The van der Waals surface area contributed by atoms with E-state index < -0.39 is 0 Å². The fourth-order valence-corrected chi connectivity index (χ4v) is 4.35. The molecule has 3 fully saturated rings. The summed E-state index contributed by atoms with van der Waals surface area (Å²) in [5, 5.41) is 5.93. The van der Waals surface area contributed by atoms with Crippen LogP contribution in [-0.2, 0) is 4.79 Å². The highest BCUT2D eigenvalue weighted by molar-refractivity contribution is 5.89. The molecule has 6 nitrogen and oxygen atoms in total. The quantitative estimate of drug-likeness (QED) is 0.821. The van der Waals surface area contributed by atoms with Gasteiger partial charge in [-0.2, -0.15) is 0 Å². The van der Waals surface area contributed by atoms with Crippen LogP contribution in [0.25, 0.3) is 0 Å². The highest BCUT2D eigenvalue weighted by atomic mass is 16.2. The van der Waals surface area contributed by atoms with Crippen molar-refractivity contribution in [3.8, 4) is 0 Å². The number of piperidine rings is 1. The Bertz CT molecular complexity index is 625. The third-order valence-corrected chi connectivity index (χ3v) is 5.74. The molecule has 3 amide bonds. The summed E-state index contributed by atoms with van der Waals surface area (Å²) < 4.78 is 0. The van der Waals surface area contributed by atoms with Crippen LogP contribution in [0.15, 0.2) is 30.3 Å². The molecule has 0 bridgehead atoms. The largest absolute Gasteiger partial charge is 0.353 e. The second-order valence-electron chi connectivity index (χ2n) is 7.26. The lowest BCUT2D eigenvalue weighted by atomic mass is 9.76. The molecule has 24 heavy (non-hydrogen) atoms. The minimum atomic E-state index is -0.0236. The number of carbonyl (C=O) groups is 2. The molecule has 1 unspecified atom stereocenters.